The van der Waals surface area contributed by atoms with Crippen LogP contribution in [0.1, 0.15) is 71.1 Å². The topological polar surface area (TPSA) is 27.7 Å². The summed E-state index contributed by atoms with van der Waals surface area (Å²) in [7, 11) is 1.73. The van der Waals surface area contributed by atoms with Crippen LogP contribution < -0.4 is 0 Å². The molecule has 0 aromatic rings. The molecule has 2 fully saturated rings. The molecule has 0 saturated heterocycles. The van der Waals surface area contributed by atoms with E-state index in [1.807, 2.05) is 19.1 Å². The van der Waals surface area contributed by atoms with E-state index in [1.165, 1.54) is 6.08 Å². The molecule has 0 aromatic heterocycles. The van der Waals surface area contributed by atoms with E-state index in [2.05, 4.69) is 0 Å². The molecule has 0 amide bonds. The fraction of sp³-hybridized carbons (Fsp3) is 0.793. The Hall–Kier alpha value is -1.27. The van der Waals surface area contributed by atoms with Gasteiger partial charge in [0, 0.05) is 25.7 Å². The Kier molecular flexibility index (Phi) is 9.80. The molecular formula is C29H43F3O3. The average Bonchev–Trinajstić information content (AvgIpc) is 2.89. The third kappa shape index (κ3) is 6.74. The molecule has 3 nitrogen and oxygen atoms in total. The van der Waals surface area contributed by atoms with Gasteiger partial charge in [-0.25, -0.2) is 13.2 Å². The van der Waals surface area contributed by atoms with Crippen molar-refractivity contribution in [2.45, 2.75) is 89.6 Å². The van der Waals surface area contributed by atoms with E-state index in [0.29, 0.717) is 44.3 Å². The van der Waals surface area contributed by atoms with E-state index in [-0.39, 0.29) is 35.6 Å². The molecule has 4 atom stereocenters. The summed E-state index contributed by atoms with van der Waals surface area (Å²) < 4.78 is 61.4. The lowest BCUT2D eigenvalue weighted by Gasteiger charge is -2.40. The van der Waals surface area contributed by atoms with Crippen LogP contribution >= 0.6 is 0 Å². The molecule has 0 N–H and O–H groups in total. The van der Waals surface area contributed by atoms with Gasteiger partial charge in [0.15, 0.2) is 6.17 Å². The number of ether oxygens (including phenoxy) is 3. The minimum atomic E-state index is -1.45. The summed E-state index contributed by atoms with van der Waals surface area (Å²) in [5.74, 6) is 0.784. The number of methoxy groups -OCH3 is 1. The maximum absolute atomic E-state index is 15.3. The van der Waals surface area contributed by atoms with Crippen LogP contribution in [0.5, 0.6) is 0 Å². The molecule has 2 saturated carbocycles. The highest BCUT2D eigenvalue weighted by molar-refractivity contribution is 5.22. The van der Waals surface area contributed by atoms with Gasteiger partial charge in [0.2, 0.25) is 0 Å². The molecule has 198 valence electrons. The van der Waals surface area contributed by atoms with E-state index < -0.39 is 12.3 Å². The van der Waals surface area contributed by atoms with Crippen molar-refractivity contribution < 1.29 is 27.4 Å². The van der Waals surface area contributed by atoms with Crippen LogP contribution in [-0.4, -0.2) is 45.4 Å². The standard InChI is InChI=1S/C29H43F3O3/c1-3-34-18-22-10-13-24(16-27(22)30)35-17-19-4-6-20(7-5-19)25-14-15-26(29(32)28(25)31)21-8-11-23(33-2)12-9-21/h13,15-16,19-23,25,28-29H,3-12,14,17-18H2,1-2H3. The third-order valence-corrected chi connectivity index (χ3v) is 8.89. The lowest BCUT2D eigenvalue weighted by molar-refractivity contribution is 0.0379. The second kappa shape index (κ2) is 12.8. The number of alkyl halides is 2. The first-order chi connectivity index (χ1) is 17.0. The minimum absolute atomic E-state index is 0.172. The van der Waals surface area contributed by atoms with Gasteiger partial charge in [-0.3, -0.25) is 0 Å². The second-order valence-electron chi connectivity index (χ2n) is 11.0. The van der Waals surface area contributed by atoms with Crippen LogP contribution in [0.4, 0.5) is 13.2 Å². The Labute approximate surface area is 209 Å². The van der Waals surface area contributed by atoms with Crippen molar-refractivity contribution in [1.29, 1.82) is 0 Å². The first-order valence-electron chi connectivity index (χ1n) is 13.8. The van der Waals surface area contributed by atoms with Crippen molar-refractivity contribution in [2.24, 2.45) is 29.6 Å². The number of allylic oxidation sites excluding steroid dienone is 4. The predicted molar refractivity (Wildman–Crippen MR) is 132 cm³/mol. The highest BCUT2D eigenvalue weighted by atomic mass is 19.2. The van der Waals surface area contributed by atoms with E-state index >= 15 is 8.78 Å². The van der Waals surface area contributed by atoms with E-state index in [4.69, 9.17) is 14.2 Å². The number of hydrogen-bond acceptors (Lipinski definition) is 3. The van der Waals surface area contributed by atoms with E-state index in [9.17, 15) is 4.39 Å². The monoisotopic (exact) mass is 496 g/mol. The first-order valence-corrected chi connectivity index (χ1v) is 13.8. The summed E-state index contributed by atoms with van der Waals surface area (Å²) >= 11 is 0. The lowest BCUT2D eigenvalue weighted by Crippen LogP contribution is -2.40. The summed E-state index contributed by atoms with van der Waals surface area (Å²) in [6.07, 6.45) is 11.5. The minimum Gasteiger partial charge on any atom is -0.494 e. The van der Waals surface area contributed by atoms with Crippen molar-refractivity contribution in [2.75, 3.05) is 26.9 Å². The fourth-order valence-electron chi connectivity index (χ4n) is 6.58. The average molecular weight is 497 g/mol. The molecule has 4 aliphatic rings. The molecule has 0 spiro atoms. The summed E-state index contributed by atoms with van der Waals surface area (Å²) in [6.45, 7) is 3.45. The Morgan fingerprint density at radius 1 is 0.914 bits per heavy atom. The van der Waals surface area contributed by atoms with Gasteiger partial charge >= 0.3 is 0 Å². The van der Waals surface area contributed by atoms with E-state index in [0.717, 1.165) is 56.9 Å². The molecule has 0 radical (unpaired) electrons. The molecule has 35 heavy (non-hydrogen) atoms. The zero-order chi connectivity index (χ0) is 24.8. The molecule has 0 aromatic carbocycles. The number of rotatable bonds is 9. The molecule has 6 heteroatoms. The molecule has 4 unspecified atom stereocenters. The van der Waals surface area contributed by atoms with Gasteiger partial charge in [-0.05, 0) is 106 Å². The van der Waals surface area contributed by atoms with Gasteiger partial charge < -0.3 is 14.2 Å². The Bertz CT molecular complexity index is 763. The summed E-state index contributed by atoms with van der Waals surface area (Å²) in [4.78, 5) is 0. The van der Waals surface area contributed by atoms with Gasteiger partial charge in [-0.1, -0.05) is 6.08 Å². The van der Waals surface area contributed by atoms with Crippen molar-refractivity contribution in [3.05, 3.63) is 35.4 Å². The van der Waals surface area contributed by atoms with Crippen molar-refractivity contribution in [3.8, 4) is 0 Å². The molecule has 0 aliphatic heterocycles. The molecule has 4 aliphatic carbocycles. The fourth-order valence-corrected chi connectivity index (χ4v) is 6.58. The second-order valence-corrected chi connectivity index (χ2v) is 11.0. The van der Waals surface area contributed by atoms with Crippen LogP contribution in [0.15, 0.2) is 35.4 Å². The van der Waals surface area contributed by atoms with Crippen LogP contribution in [0.3, 0.4) is 0 Å². The number of halogens is 3. The Balaban J connectivity index is 1.21. The van der Waals surface area contributed by atoms with Crippen LogP contribution in [-0.2, 0) is 14.2 Å². The largest absolute Gasteiger partial charge is 0.494 e. The Morgan fingerprint density at radius 2 is 1.66 bits per heavy atom. The molecule has 0 heterocycles. The SMILES string of the molecule is CCOCC1CC=C(OCC2CCC(C3CC=C(C4CCC(OC)CC4)C(F)C3F)CC2)C=C1F. The zero-order valence-electron chi connectivity index (χ0n) is 21.4. The van der Waals surface area contributed by atoms with Crippen LogP contribution in [0.25, 0.3) is 0 Å². The Morgan fingerprint density at radius 3 is 2.31 bits per heavy atom. The molecule has 4 rings (SSSR count). The first kappa shape index (κ1) is 26.8. The van der Waals surface area contributed by atoms with Crippen LogP contribution in [0.2, 0.25) is 0 Å². The summed E-state index contributed by atoms with van der Waals surface area (Å²) in [6, 6.07) is 0. The highest BCUT2D eigenvalue weighted by Gasteiger charge is 2.42. The van der Waals surface area contributed by atoms with Gasteiger partial charge in [0.05, 0.1) is 19.3 Å². The summed E-state index contributed by atoms with van der Waals surface area (Å²) in [5.41, 5.74) is 0.718. The zero-order valence-corrected chi connectivity index (χ0v) is 21.4. The maximum atomic E-state index is 15.3. The van der Waals surface area contributed by atoms with Gasteiger partial charge in [-0.15, -0.1) is 0 Å². The number of hydrogen-bond donors (Lipinski definition) is 0. The van der Waals surface area contributed by atoms with Gasteiger partial charge in [0.25, 0.3) is 0 Å². The maximum Gasteiger partial charge on any atom is 0.153 e. The molecular weight excluding hydrogens is 453 g/mol. The lowest BCUT2D eigenvalue weighted by atomic mass is 9.68. The molecule has 0 bridgehead atoms. The normalized spacial score (nSPS) is 38.4. The highest BCUT2D eigenvalue weighted by Crippen LogP contribution is 2.45. The smallest absolute Gasteiger partial charge is 0.153 e. The van der Waals surface area contributed by atoms with E-state index in [1.54, 1.807) is 7.11 Å². The van der Waals surface area contributed by atoms with Crippen molar-refractivity contribution in [3.63, 3.8) is 0 Å². The van der Waals surface area contributed by atoms with Crippen molar-refractivity contribution in [1.82, 2.24) is 0 Å². The predicted octanol–water partition coefficient (Wildman–Crippen LogP) is 7.43. The third-order valence-electron chi connectivity index (χ3n) is 8.89. The quantitative estimate of drug-likeness (QED) is 0.311. The van der Waals surface area contributed by atoms with Crippen LogP contribution in [0, 0.1) is 29.6 Å². The van der Waals surface area contributed by atoms with Crippen molar-refractivity contribution >= 4 is 0 Å². The van der Waals surface area contributed by atoms with Gasteiger partial charge in [-0.2, -0.15) is 0 Å². The summed E-state index contributed by atoms with van der Waals surface area (Å²) in [5, 5.41) is 0. The van der Waals surface area contributed by atoms with Gasteiger partial charge in [0.1, 0.15) is 17.8 Å².